The summed E-state index contributed by atoms with van der Waals surface area (Å²) in [4.78, 5) is 22.2. The number of carboxylic acid groups (broad SMARTS) is 1. The average Bonchev–Trinajstić information content (AvgIpc) is 2.58. The minimum atomic E-state index is -0.948. The lowest BCUT2D eigenvalue weighted by Crippen LogP contribution is -2.23. The van der Waals surface area contributed by atoms with Gasteiger partial charge < -0.3 is 10.4 Å². The molecular formula is C12H13NO3. The Kier molecular flexibility index (Phi) is 2.64. The van der Waals surface area contributed by atoms with Crippen molar-refractivity contribution in [2.45, 2.75) is 25.3 Å². The Morgan fingerprint density at radius 3 is 2.44 bits per heavy atom. The van der Waals surface area contributed by atoms with Gasteiger partial charge in [-0.3, -0.25) is 4.79 Å². The van der Waals surface area contributed by atoms with Gasteiger partial charge in [-0.1, -0.05) is 12.1 Å². The van der Waals surface area contributed by atoms with Gasteiger partial charge in [-0.25, -0.2) is 4.79 Å². The van der Waals surface area contributed by atoms with Crippen LogP contribution in [0.4, 0.5) is 0 Å². The molecule has 1 saturated heterocycles. The number of carboxylic acids is 1. The molecule has 0 radical (unpaired) electrons. The van der Waals surface area contributed by atoms with Crippen LogP contribution in [0.5, 0.6) is 0 Å². The first-order chi connectivity index (χ1) is 7.58. The smallest absolute Gasteiger partial charge is 0.335 e. The highest BCUT2D eigenvalue weighted by molar-refractivity contribution is 5.89. The number of carbonyl (C=O) groups is 2. The Bertz CT molecular complexity index is 424. The van der Waals surface area contributed by atoms with Crippen LogP contribution in [0.1, 0.15) is 35.2 Å². The summed E-state index contributed by atoms with van der Waals surface area (Å²) in [6.45, 7) is 1.96. The zero-order chi connectivity index (χ0) is 11.7. The number of aromatic carboxylic acids is 1. The lowest BCUT2D eigenvalue weighted by atomic mass is 9.95. The summed E-state index contributed by atoms with van der Waals surface area (Å²) in [5, 5.41) is 11.6. The third-order valence-electron chi connectivity index (χ3n) is 2.85. The molecule has 1 aromatic rings. The van der Waals surface area contributed by atoms with E-state index in [9.17, 15) is 9.59 Å². The van der Waals surface area contributed by atoms with Gasteiger partial charge in [0, 0.05) is 6.04 Å². The van der Waals surface area contributed by atoms with Crippen LogP contribution >= 0.6 is 0 Å². The summed E-state index contributed by atoms with van der Waals surface area (Å²) in [5.41, 5.74) is 1.13. The summed E-state index contributed by atoms with van der Waals surface area (Å²) in [6.07, 6.45) is 0.769. The van der Waals surface area contributed by atoms with Crippen molar-refractivity contribution in [1.82, 2.24) is 5.32 Å². The SMILES string of the molecule is CC1CC(c2ccc(C(=O)O)cc2)C(=O)N1. The first-order valence-electron chi connectivity index (χ1n) is 5.21. The first kappa shape index (κ1) is 10.7. The Balaban J connectivity index is 2.22. The van der Waals surface area contributed by atoms with E-state index in [4.69, 9.17) is 5.11 Å². The van der Waals surface area contributed by atoms with Crippen molar-refractivity contribution in [1.29, 1.82) is 0 Å². The molecular weight excluding hydrogens is 206 g/mol. The van der Waals surface area contributed by atoms with Gasteiger partial charge in [0.25, 0.3) is 0 Å². The molecule has 4 heteroatoms. The minimum Gasteiger partial charge on any atom is -0.478 e. The monoisotopic (exact) mass is 219 g/mol. The van der Waals surface area contributed by atoms with E-state index < -0.39 is 5.97 Å². The van der Waals surface area contributed by atoms with Crippen LogP contribution in [0.3, 0.4) is 0 Å². The van der Waals surface area contributed by atoms with Crippen molar-refractivity contribution in [3.63, 3.8) is 0 Å². The normalized spacial score (nSPS) is 24.2. The number of amides is 1. The van der Waals surface area contributed by atoms with Gasteiger partial charge in [0.2, 0.25) is 5.91 Å². The molecule has 0 aliphatic carbocycles. The number of hydrogen-bond donors (Lipinski definition) is 2. The molecule has 0 spiro atoms. The van der Waals surface area contributed by atoms with E-state index in [1.807, 2.05) is 6.92 Å². The third kappa shape index (κ3) is 1.91. The van der Waals surface area contributed by atoms with Crippen LogP contribution in [-0.4, -0.2) is 23.0 Å². The molecule has 4 nitrogen and oxygen atoms in total. The molecule has 1 amide bonds. The van der Waals surface area contributed by atoms with Crippen LogP contribution in [0, 0.1) is 0 Å². The van der Waals surface area contributed by atoms with Gasteiger partial charge in [-0.05, 0) is 31.0 Å². The van der Waals surface area contributed by atoms with Crippen molar-refractivity contribution in [2.24, 2.45) is 0 Å². The molecule has 1 aromatic carbocycles. The predicted molar refractivity (Wildman–Crippen MR) is 58.4 cm³/mol. The van der Waals surface area contributed by atoms with Gasteiger partial charge in [0.1, 0.15) is 0 Å². The quantitative estimate of drug-likeness (QED) is 0.789. The second-order valence-electron chi connectivity index (χ2n) is 4.13. The Morgan fingerprint density at radius 2 is 2.00 bits per heavy atom. The molecule has 16 heavy (non-hydrogen) atoms. The van der Waals surface area contributed by atoms with E-state index in [2.05, 4.69) is 5.32 Å². The van der Waals surface area contributed by atoms with Gasteiger partial charge in [0.15, 0.2) is 0 Å². The average molecular weight is 219 g/mol. The molecule has 1 aliphatic heterocycles. The molecule has 0 saturated carbocycles. The standard InChI is InChI=1S/C12H13NO3/c1-7-6-10(11(14)13-7)8-2-4-9(5-3-8)12(15)16/h2-5,7,10H,6H2,1H3,(H,13,14)(H,15,16). The molecule has 2 rings (SSSR count). The van der Waals surface area contributed by atoms with Gasteiger partial charge in [-0.2, -0.15) is 0 Å². The van der Waals surface area contributed by atoms with Gasteiger partial charge >= 0.3 is 5.97 Å². The van der Waals surface area contributed by atoms with Crippen LogP contribution in [0.25, 0.3) is 0 Å². The molecule has 1 heterocycles. The maximum absolute atomic E-state index is 11.6. The van der Waals surface area contributed by atoms with Crippen LogP contribution < -0.4 is 5.32 Å². The van der Waals surface area contributed by atoms with Crippen LogP contribution in [-0.2, 0) is 4.79 Å². The van der Waals surface area contributed by atoms with Crippen molar-refractivity contribution >= 4 is 11.9 Å². The van der Waals surface area contributed by atoms with E-state index in [-0.39, 0.29) is 23.4 Å². The number of nitrogens with one attached hydrogen (secondary N) is 1. The van der Waals surface area contributed by atoms with E-state index in [0.29, 0.717) is 0 Å². The number of rotatable bonds is 2. The second-order valence-corrected chi connectivity index (χ2v) is 4.13. The van der Waals surface area contributed by atoms with Crippen LogP contribution in [0.2, 0.25) is 0 Å². The molecule has 2 N–H and O–H groups in total. The minimum absolute atomic E-state index is 0.0237. The number of carbonyl (C=O) groups excluding carboxylic acids is 1. The molecule has 2 unspecified atom stereocenters. The molecule has 2 atom stereocenters. The van der Waals surface area contributed by atoms with Crippen molar-refractivity contribution in [2.75, 3.05) is 0 Å². The van der Waals surface area contributed by atoms with Crippen molar-refractivity contribution in [3.05, 3.63) is 35.4 Å². The van der Waals surface area contributed by atoms with E-state index >= 15 is 0 Å². The van der Waals surface area contributed by atoms with E-state index in [0.717, 1.165) is 12.0 Å². The highest BCUT2D eigenvalue weighted by atomic mass is 16.4. The Labute approximate surface area is 93.3 Å². The highest BCUT2D eigenvalue weighted by Crippen LogP contribution is 2.26. The fourth-order valence-electron chi connectivity index (χ4n) is 2.01. The molecule has 1 aliphatic rings. The summed E-state index contributed by atoms with van der Waals surface area (Å²) in [5.74, 6) is -1.07. The largest absolute Gasteiger partial charge is 0.478 e. The summed E-state index contributed by atoms with van der Waals surface area (Å²) >= 11 is 0. The zero-order valence-corrected chi connectivity index (χ0v) is 8.93. The van der Waals surface area contributed by atoms with Crippen molar-refractivity contribution in [3.8, 4) is 0 Å². The molecule has 1 fully saturated rings. The predicted octanol–water partition coefficient (Wildman–Crippen LogP) is 1.38. The summed E-state index contributed by atoms with van der Waals surface area (Å²) in [7, 11) is 0. The summed E-state index contributed by atoms with van der Waals surface area (Å²) in [6, 6.07) is 6.69. The molecule has 84 valence electrons. The van der Waals surface area contributed by atoms with E-state index in [1.54, 1.807) is 12.1 Å². The molecule has 0 aromatic heterocycles. The fraction of sp³-hybridized carbons (Fsp3) is 0.333. The first-order valence-corrected chi connectivity index (χ1v) is 5.21. The molecule has 0 bridgehead atoms. The van der Waals surface area contributed by atoms with Crippen molar-refractivity contribution < 1.29 is 14.7 Å². The second kappa shape index (κ2) is 3.96. The zero-order valence-electron chi connectivity index (χ0n) is 8.93. The van der Waals surface area contributed by atoms with Gasteiger partial charge in [0.05, 0.1) is 11.5 Å². The maximum Gasteiger partial charge on any atom is 0.335 e. The van der Waals surface area contributed by atoms with Crippen LogP contribution in [0.15, 0.2) is 24.3 Å². The maximum atomic E-state index is 11.6. The highest BCUT2D eigenvalue weighted by Gasteiger charge is 2.30. The Morgan fingerprint density at radius 1 is 1.38 bits per heavy atom. The topological polar surface area (TPSA) is 66.4 Å². The third-order valence-corrected chi connectivity index (χ3v) is 2.85. The fourth-order valence-corrected chi connectivity index (χ4v) is 2.01. The number of hydrogen-bond acceptors (Lipinski definition) is 2. The van der Waals surface area contributed by atoms with E-state index in [1.165, 1.54) is 12.1 Å². The summed E-state index contributed by atoms with van der Waals surface area (Å²) < 4.78 is 0. The number of benzene rings is 1. The lowest BCUT2D eigenvalue weighted by molar-refractivity contribution is -0.120. The lowest BCUT2D eigenvalue weighted by Gasteiger charge is -2.07. The van der Waals surface area contributed by atoms with Gasteiger partial charge in [-0.15, -0.1) is 0 Å². The Hall–Kier alpha value is -1.84.